The van der Waals surface area contributed by atoms with Gasteiger partial charge in [-0.1, -0.05) is 39.0 Å². The first-order valence-electron chi connectivity index (χ1n) is 11.4. The van der Waals surface area contributed by atoms with Gasteiger partial charge in [-0.15, -0.1) is 10.4 Å². The molecule has 2 saturated heterocycles. The van der Waals surface area contributed by atoms with Crippen LogP contribution in [0.4, 0.5) is 0 Å². The van der Waals surface area contributed by atoms with Gasteiger partial charge in [-0.3, -0.25) is 0 Å². The van der Waals surface area contributed by atoms with Crippen LogP contribution in [0.2, 0.25) is 26.2 Å². The molecule has 0 spiro atoms. The van der Waals surface area contributed by atoms with Gasteiger partial charge in [-0.05, 0) is 51.9 Å². The maximum atomic E-state index is 2.76. The average Bonchev–Trinajstić information content (AvgIpc) is 3.44. The van der Waals surface area contributed by atoms with Crippen LogP contribution in [0.15, 0.2) is 48.5 Å². The largest absolute Gasteiger partial charge is 4.00 e. The topological polar surface area (TPSA) is 6.48 Å². The molecule has 0 N–H and O–H groups in total. The van der Waals surface area contributed by atoms with Gasteiger partial charge in [0.25, 0.3) is 0 Å². The summed E-state index contributed by atoms with van der Waals surface area (Å²) in [6.45, 7) is 15.2. The first kappa shape index (κ1) is 31.9. The first-order chi connectivity index (χ1) is 13.4. The molecule has 31 heavy (non-hydrogen) atoms. The Balaban J connectivity index is 0.000000529. The van der Waals surface area contributed by atoms with Crippen molar-refractivity contribution in [3.63, 3.8) is 0 Å². The number of rotatable bonds is 4. The molecule has 172 valence electrons. The van der Waals surface area contributed by atoms with E-state index in [-0.39, 0.29) is 60.2 Å². The molecule has 2 aliphatic heterocycles. The predicted octanol–water partition coefficient (Wildman–Crippen LogP) is -1.39. The summed E-state index contributed by atoms with van der Waals surface area (Å²) in [5, 5.41) is 3.19. The molecule has 4 rings (SSSR count). The normalized spacial score (nSPS) is 17.9. The summed E-state index contributed by atoms with van der Waals surface area (Å²) in [7, 11) is -2.59. The molecule has 0 unspecified atom stereocenters. The van der Waals surface area contributed by atoms with Crippen molar-refractivity contribution in [2.45, 2.75) is 64.7 Å². The van der Waals surface area contributed by atoms with E-state index in [0.717, 1.165) is 0 Å². The Morgan fingerprint density at radius 1 is 0.516 bits per heavy atom. The van der Waals surface area contributed by atoms with Gasteiger partial charge in [-0.25, -0.2) is 24.3 Å². The van der Waals surface area contributed by atoms with Gasteiger partial charge in [-0.2, -0.15) is 24.3 Å². The monoisotopic (exact) mass is 660 g/mol. The fourth-order valence-corrected chi connectivity index (χ4v) is 10.4. The Bertz CT molecular complexity index is 618. The van der Waals surface area contributed by atoms with E-state index in [1.807, 2.05) is 0 Å². The van der Waals surface area contributed by atoms with Crippen molar-refractivity contribution in [3.05, 3.63) is 48.5 Å². The first-order valence-corrected chi connectivity index (χ1v) is 17.3. The summed E-state index contributed by atoms with van der Waals surface area (Å²) in [6, 6.07) is 17.9. The van der Waals surface area contributed by atoms with E-state index in [9.17, 15) is 0 Å². The predicted molar refractivity (Wildman–Crippen MR) is 129 cm³/mol. The maximum Gasteiger partial charge on any atom is 4.00 e. The summed E-state index contributed by atoms with van der Waals surface area (Å²) < 4.78 is 5.51. The Morgan fingerprint density at radius 2 is 0.774 bits per heavy atom. The number of piperidine rings is 2. The van der Waals surface area contributed by atoms with Crippen molar-refractivity contribution < 1.29 is 60.2 Å². The van der Waals surface area contributed by atoms with E-state index >= 15 is 0 Å². The summed E-state index contributed by atoms with van der Waals surface area (Å²) >= 11 is 0. The second-order valence-corrected chi connectivity index (χ2v) is 18.2. The average molecular weight is 664 g/mol. The third kappa shape index (κ3) is 8.56. The fraction of sp³-hybridized carbons (Fsp3) is 0.583. The van der Waals surface area contributed by atoms with Gasteiger partial charge in [0.1, 0.15) is 0 Å². The molecule has 0 saturated carbocycles. The molecule has 0 bridgehead atoms. The molecule has 2 heterocycles. The van der Waals surface area contributed by atoms with Crippen molar-refractivity contribution in [3.8, 4) is 0 Å². The van der Waals surface area contributed by atoms with Gasteiger partial charge in [0.15, 0.2) is 0 Å². The fourth-order valence-electron chi connectivity index (χ4n) is 4.83. The van der Waals surface area contributed by atoms with Crippen LogP contribution in [0.1, 0.15) is 38.5 Å². The molecule has 2 nitrogen and oxygen atoms in total. The van der Waals surface area contributed by atoms with Gasteiger partial charge >= 0.3 is 26.2 Å². The minimum absolute atomic E-state index is 0. The van der Waals surface area contributed by atoms with Crippen molar-refractivity contribution in [2.24, 2.45) is 0 Å². The third-order valence-electron chi connectivity index (χ3n) is 7.03. The zero-order chi connectivity index (χ0) is 20.0. The summed E-state index contributed by atoms with van der Waals surface area (Å²) in [5.74, 6) is 0. The van der Waals surface area contributed by atoms with Crippen LogP contribution in [-0.2, 0) is 26.2 Å². The SMILES string of the molecule is C[Si](C)([c-]1cccc1)N1CCCCC1.C[Si](C)([c-]1cccc1)N1CCCCC1.[Br-].[Br-].[Zr+4]. The van der Waals surface area contributed by atoms with Crippen LogP contribution in [-0.4, -0.2) is 51.8 Å². The van der Waals surface area contributed by atoms with Gasteiger partial charge in [0.05, 0.1) is 16.5 Å². The number of halogens is 2. The zero-order valence-corrected chi connectivity index (χ0v) is 27.5. The minimum Gasteiger partial charge on any atom is -1.00 e. The van der Waals surface area contributed by atoms with Gasteiger partial charge in [0, 0.05) is 0 Å². The molecule has 0 atom stereocenters. The standard InChI is InChI=1S/2C12H20NSi.2BrH.Zr/c2*1-14(2,12-8-4-5-9-12)13-10-6-3-7-11-13;;;/h2*4-5,8-9H,3,6-7,10-11H2,1-2H3;2*1H;/q2*-1;;;+4/p-2. The van der Waals surface area contributed by atoms with E-state index < -0.39 is 16.5 Å². The maximum absolute atomic E-state index is 2.76. The second kappa shape index (κ2) is 15.0. The number of nitrogens with zero attached hydrogens (tertiary/aromatic N) is 2. The molecule has 2 aliphatic rings. The van der Waals surface area contributed by atoms with E-state index in [1.54, 1.807) is 10.4 Å². The molecule has 0 aromatic heterocycles. The molecular weight excluding hydrogens is 623 g/mol. The smallest absolute Gasteiger partial charge is 1.00 e. The van der Waals surface area contributed by atoms with Crippen molar-refractivity contribution in [1.29, 1.82) is 0 Å². The summed E-state index contributed by atoms with van der Waals surface area (Å²) in [5.41, 5.74) is 0. The molecule has 0 amide bonds. The molecule has 0 radical (unpaired) electrons. The van der Waals surface area contributed by atoms with Crippen LogP contribution in [0.3, 0.4) is 0 Å². The van der Waals surface area contributed by atoms with Crippen LogP contribution < -0.4 is 44.3 Å². The van der Waals surface area contributed by atoms with E-state index in [4.69, 9.17) is 0 Å². The van der Waals surface area contributed by atoms with Crippen molar-refractivity contribution >= 4 is 26.8 Å². The van der Waals surface area contributed by atoms with Crippen molar-refractivity contribution in [2.75, 3.05) is 26.2 Å². The zero-order valence-electron chi connectivity index (χ0n) is 19.8. The van der Waals surface area contributed by atoms with Crippen LogP contribution >= 0.6 is 0 Å². The van der Waals surface area contributed by atoms with Crippen LogP contribution in [0.25, 0.3) is 0 Å². The van der Waals surface area contributed by atoms with Crippen LogP contribution in [0, 0.1) is 0 Å². The Hall–Kier alpha value is 0.897. The Labute approximate surface area is 233 Å². The molecule has 2 aromatic carbocycles. The molecule has 2 fully saturated rings. The van der Waals surface area contributed by atoms with E-state index in [0.29, 0.717) is 0 Å². The number of hydrogen-bond donors (Lipinski definition) is 0. The summed E-state index contributed by atoms with van der Waals surface area (Å²) in [6.07, 6.45) is 8.46. The quantitative estimate of drug-likeness (QED) is 0.294. The molecule has 7 heteroatoms. The third-order valence-corrected chi connectivity index (χ3v) is 14.6. The number of hydrogen-bond acceptors (Lipinski definition) is 2. The molecule has 0 aliphatic carbocycles. The van der Waals surface area contributed by atoms with Crippen LogP contribution in [0.5, 0.6) is 0 Å². The summed E-state index contributed by atoms with van der Waals surface area (Å²) in [4.78, 5) is 0. The Morgan fingerprint density at radius 3 is 1.03 bits per heavy atom. The Kier molecular flexibility index (Phi) is 15.4. The molecule has 2 aromatic rings. The second-order valence-electron chi connectivity index (χ2n) is 9.56. The van der Waals surface area contributed by atoms with E-state index in [1.165, 1.54) is 64.7 Å². The van der Waals surface area contributed by atoms with Gasteiger partial charge in [0.2, 0.25) is 0 Å². The van der Waals surface area contributed by atoms with E-state index in [2.05, 4.69) is 83.8 Å². The van der Waals surface area contributed by atoms with Crippen molar-refractivity contribution in [1.82, 2.24) is 9.13 Å². The van der Waals surface area contributed by atoms with Gasteiger partial charge < -0.3 is 43.1 Å². The molecular formula is C24H40Br2N2Si2Zr. The minimum atomic E-state index is -1.29.